The number of carboxylic acids is 1. The van der Waals surface area contributed by atoms with Crippen molar-refractivity contribution in [1.29, 1.82) is 0 Å². The lowest BCUT2D eigenvalue weighted by Crippen LogP contribution is -2.43. The van der Waals surface area contributed by atoms with Crippen LogP contribution in [0.25, 0.3) is 10.8 Å². The molecule has 1 saturated carbocycles. The number of carbonyl (C=O) groups excluding carboxylic acids is 2. The number of fused-ring (bicyclic) bond motifs is 1. The van der Waals surface area contributed by atoms with E-state index >= 15 is 0 Å². The van der Waals surface area contributed by atoms with Gasteiger partial charge in [-0.05, 0) is 36.1 Å². The highest BCUT2D eigenvalue weighted by atomic mass is 16.4. The van der Waals surface area contributed by atoms with Crippen LogP contribution in [0.4, 0.5) is 5.69 Å². The van der Waals surface area contributed by atoms with E-state index < -0.39 is 5.97 Å². The molecule has 3 fully saturated rings. The second-order valence-electron chi connectivity index (χ2n) is 8.69. The van der Waals surface area contributed by atoms with Crippen molar-refractivity contribution in [1.82, 2.24) is 4.90 Å². The van der Waals surface area contributed by atoms with Crippen LogP contribution in [0.2, 0.25) is 0 Å². The summed E-state index contributed by atoms with van der Waals surface area (Å²) in [4.78, 5) is 40.6. The first-order valence-corrected chi connectivity index (χ1v) is 10.3. The SMILES string of the molecule is O=C(O)C1CC12CCN(C(=O)C1CC(=O)N(c3cccc4ccccc34)C1)CC2. The maximum Gasteiger partial charge on any atom is 0.307 e. The van der Waals surface area contributed by atoms with Crippen molar-refractivity contribution < 1.29 is 19.5 Å². The number of amides is 2. The molecule has 2 unspecified atom stereocenters. The fourth-order valence-electron chi connectivity index (χ4n) is 5.23. The van der Waals surface area contributed by atoms with Crippen LogP contribution in [0.5, 0.6) is 0 Å². The number of rotatable bonds is 3. The summed E-state index contributed by atoms with van der Waals surface area (Å²) < 4.78 is 0. The minimum atomic E-state index is -0.711. The average molecular weight is 392 g/mol. The first kappa shape index (κ1) is 18.2. The molecule has 2 aliphatic heterocycles. The summed E-state index contributed by atoms with van der Waals surface area (Å²) >= 11 is 0. The zero-order valence-corrected chi connectivity index (χ0v) is 16.2. The molecule has 2 aromatic rings. The standard InChI is InChI=1S/C23H24N2O4/c26-20-12-16(14-25(20)19-7-3-5-15-4-1-2-6-17(15)19)21(27)24-10-8-23(9-11-24)13-18(23)22(28)29/h1-7,16,18H,8-14H2,(H,28,29). The van der Waals surface area contributed by atoms with Crippen LogP contribution >= 0.6 is 0 Å². The van der Waals surface area contributed by atoms with E-state index in [0.717, 1.165) is 35.7 Å². The Balaban J connectivity index is 1.28. The summed E-state index contributed by atoms with van der Waals surface area (Å²) in [5.41, 5.74) is 0.770. The van der Waals surface area contributed by atoms with Crippen LogP contribution in [0, 0.1) is 17.3 Å². The number of piperidine rings is 1. The Bertz CT molecular complexity index is 1000. The number of aliphatic carboxylic acids is 1. The molecule has 29 heavy (non-hydrogen) atoms. The van der Waals surface area contributed by atoms with Crippen LogP contribution < -0.4 is 4.90 Å². The molecule has 6 nitrogen and oxygen atoms in total. The van der Waals surface area contributed by atoms with E-state index in [-0.39, 0.29) is 35.5 Å². The second-order valence-corrected chi connectivity index (χ2v) is 8.69. The molecule has 0 bridgehead atoms. The Morgan fingerprint density at radius 1 is 1.03 bits per heavy atom. The highest BCUT2D eigenvalue weighted by Crippen LogP contribution is 2.59. The predicted molar refractivity (Wildman–Crippen MR) is 108 cm³/mol. The molecule has 5 rings (SSSR count). The van der Waals surface area contributed by atoms with Gasteiger partial charge in [0.1, 0.15) is 0 Å². The number of likely N-dealkylation sites (tertiary alicyclic amines) is 1. The van der Waals surface area contributed by atoms with Gasteiger partial charge in [0.15, 0.2) is 0 Å². The number of benzene rings is 2. The van der Waals surface area contributed by atoms with E-state index in [2.05, 4.69) is 0 Å². The fraction of sp³-hybridized carbons (Fsp3) is 0.435. The zero-order chi connectivity index (χ0) is 20.2. The van der Waals surface area contributed by atoms with E-state index in [1.165, 1.54) is 0 Å². The van der Waals surface area contributed by atoms with Crippen LogP contribution in [0.1, 0.15) is 25.7 Å². The number of hydrogen-bond acceptors (Lipinski definition) is 3. The molecule has 0 aromatic heterocycles. The average Bonchev–Trinajstić information content (AvgIpc) is 3.30. The summed E-state index contributed by atoms with van der Waals surface area (Å²) in [5, 5.41) is 11.3. The molecule has 6 heteroatoms. The number of nitrogens with zero attached hydrogens (tertiary/aromatic N) is 2. The molecule has 2 amide bonds. The van der Waals surface area contributed by atoms with E-state index in [9.17, 15) is 19.5 Å². The number of hydrogen-bond donors (Lipinski definition) is 1. The normalized spacial score (nSPS) is 25.6. The first-order valence-electron chi connectivity index (χ1n) is 10.3. The first-order chi connectivity index (χ1) is 14.0. The molecule has 150 valence electrons. The Morgan fingerprint density at radius 2 is 1.76 bits per heavy atom. The second kappa shape index (κ2) is 6.58. The van der Waals surface area contributed by atoms with E-state index in [0.29, 0.717) is 19.6 Å². The third-order valence-corrected chi connectivity index (χ3v) is 7.09. The minimum absolute atomic E-state index is 0.0127. The zero-order valence-electron chi connectivity index (χ0n) is 16.2. The highest BCUT2D eigenvalue weighted by Gasteiger charge is 2.59. The van der Waals surface area contributed by atoms with Gasteiger partial charge in [0, 0.05) is 31.4 Å². The van der Waals surface area contributed by atoms with Crippen LogP contribution in [-0.4, -0.2) is 47.4 Å². The quantitative estimate of drug-likeness (QED) is 0.871. The molecular formula is C23H24N2O4. The molecule has 3 aliphatic rings. The fourth-order valence-corrected chi connectivity index (χ4v) is 5.23. The maximum absolute atomic E-state index is 13.1. The Labute approximate surface area is 169 Å². The van der Waals surface area contributed by atoms with Crippen molar-refractivity contribution in [3.63, 3.8) is 0 Å². The van der Waals surface area contributed by atoms with Gasteiger partial charge in [-0.25, -0.2) is 0 Å². The lowest BCUT2D eigenvalue weighted by molar-refractivity contribution is -0.140. The molecule has 1 N–H and O–H groups in total. The van der Waals surface area contributed by atoms with Gasteiger partial charge >= 0.3 is 5.97 Å². The van der Waals surface area contributed by atoms with Gasteiger partial charge in [0.05, 0.1) is 17.5 Å². The van der Waals surface area contributed by atoms with Gasteiger partial charge in [0.2, 0.25) is 11.8 Å². The monoisotopic (exact) mass is 392 g/mol. The topological polar surface area (TPSA) is 77.9 Å². The van der Waals surface area contributed by atoms with Crippen LogP contribution in [-0.2, 0) is 14.4 Å². The van der Waals surface area contributed by atoms with Gasteiger partial charge in [-0.1, -0.05) is 36.4 Å². The Kier molecular flexibility index (Phi) is 4.12. The largest absolute Gasteiger partial charge is 0.481 e. The number of carbonyl (C=O) groups is 3. The van der Waals surface area contributed by atoms with E-state index in [1.807, 2.05) is 47.4 Å². The third-order valence-electron chi connectivity index (χ3n) is 7.09. The maximum atomic E-state index is 13.1. The third kappa shape index (κ3) is 2.98. The summed E-state index contributed by atoms with van der Waals surface area (Å²) in [7, 11) is 0. The number of anilines is 1. The molecule has 2 saturated heterocycles. The lowest BCUT2D eigenvalue weighted by atomic mass is 9.90. The summed E-state index contributed by atoms with van der Waals surface area (Å²) in [6, 6.07) is 13.9. The van der Waals surface area contributed by atoms with E-state index in [1.54, 1.807) is 4.90 Å². The Hall–Kier alpha value is -2.89. The van der Waals surface area contributed by atoms with Crippen LogP contribution in [0.3, 0.4) is 0 Å². The van der Waals surface area contributed by atoms with Crippen molar-refractivity contribution in [3.05, 3.63) is 42.5 Å². The summed E-state index contributed by atoms with van der Waals surface area (Å²) in [6.07, 6.45) is 2.48. The van der Waals surface area contributed by atoms with Gasteiger partial charge < -0.3 is 14.9 Å². The van der Waals surface area contributed by atoms with Crippen molar-refractivity contribution in [3.8, 4) is 0 Å². The summed E-state index contributed by atoms with van der Waals surface area (Å²) in [6.45, 7) is 1.61. The molecule has 1 aliphatic carbocycles. The van der Waals surface area contributed by atoms with E-state index in [4.69, 9.17) is 0 Å². The number of carboxylic acid groups (broad SMARTS) is 1. The van der Waals surface area contributed by atoms with Crippen molar-refractivity contribution >= 4 is 34.2 Å². The molecule has 2 atom stereocenters. The van der Waals surface area contributed by atoms with Gasteiger partial charge in [-0.3, -0.25) is 14.4 Å². The van der Waals surface area contributed by atoms with Crippen molar-refractivity contribution in [2.24, 2.45) is 17.3 Å². The highest BCUT2D eigenvalue weighted by molar-refractivity contribution is 6.07. The molecule has 0 radical (unpaired) electrons. The molecule has 1 spiro atoms. The lowest BCUT2D eigenvalue weighted by Gasteiger charge is -2.34. The molecule has 2 aromatic carbocycles. The molecular weight excluding hydrogens is 368 g/mol. The predicted octanol–water partition coefficient (Wildman–Crippen LogP) is 2.91. The molecule has 2 heterocycles. The summed E-state index contributed by atoms with van der Waals surface area (Å²) in [5.74, 6) is -1.26. The Morgan fingerprint density at radius 3 is 2.48 bits per heavy atom. The van der Waals surface area contributed by atoms with Crippen molar-refractivity contribution in [2.45, 2.75) is 25.7 Å². The van der Waals surface area contributed by atoms with Crippen LogP contribution in [0.15, 0.2) is 42.5 Å². The minimum Gasteiger partial charge on any atom is -0.481 e. The van der Waals surface area contributed by atoms with Gasteiger partial charge in [-0.2, -0.15) is 0 Å². The van der Waals surface area contributed by atoms with Gasteiger partial charge in [-0.15, -0.1) is 0 Å². The smallest absolute Gasteiger partial charge is 0.307 e. The van der Waals surface area contributed by atoms with Crippen molar-refractivity contribution in [2.75, 3.05) is 24.5 Å². The van der Waals surface area contributed by atoms with Gasteiger partial charge in [0.25, 0.3) is 0 Å².